The van der Waals surface area contributed by atoms with Gasteiger partial charge < -0.3 is 15.0 Å². The maximum Gasteiger partial charge on any atom is 0.387 e. The van der Waals surface area contributed by atoms with E-state index >= 15 is 0 Å². The fourth-order valence-electron chi connectivity index (χ4n) is 2.65. The van der Waals surface area contributed by atoms with Crippen molar-refractivity contribution in [3.05, 3.63) is 36.3 Å². The summed E-state index contributed by atoms with van der Waals surface area (Å²) in [5.74, 6) is 1.62. The van der Waals surface area contributed by atoms with Crippen LogP contribution < -0.4 is 10.1 Å². The fraction of sp³-hybridized carbons (Fsp3) is 0.400. The molecule has 0 bridgehead atoms. The molecule has 21 heavy (non-hydrogen) atoms. The van der Waals surface area contributed by atoms with Crippen molar-refractivity contribution in [2.75, 3.05) is 13.1 Å². The molecule has 112 valence electrons. The number of halogens is 2. The number of hydrogen-bond acceptors (Lipinski definition) is 3. The molecule has 2 aromatic rings. The molecule has 1 unspecified atom stereocenters. The summed E-state index contributed by atoms with van der Waals surface area (Å²) in [6.07, 6.45) is 3.68. The molecule has 1 aromatic carbocycles. The van der Waals surface area contributed by atoms with Crippen LogP contribution in [0.4, 0.5) is 8.78 Å². The van der Waals surface area contributed by atoms with Gasteiger partial charge in [0.2, 0.25) is 0 Å². The zero-order valence-corrected chi connectivity index (χ0v) is 11.5. The standard InChI is InChI=1S/C15H17F2N3O/c16-15(17)21-13-4-2-1-3-11(13)12-9-19-14(20-12)7-10-5-6-18-8-10/h1-4,9-10,15,18H,5-8H2,(H,19,20). The van der Waals surface area contributed by atoms with Gasteiger partial charge in [0.05, 0.1) is 11.9 Å². The number of alkyl halides is 2. The van der Waals surface area contributed by atoms with E-state index in [0.717, 1.165) is 31.8 Å². The maximum atomic E-state index is 12.4. The number of nitrogens with zero attached hydrogens (tertiary/aromatic N) is 1. The number of imidazole rings is 1. The van der Waals surface area contributed by atoms with Crippen LogP contribution in [-0.2, 0) is 6.42 Å². The molecule has 0 spiro atoms. The Morgan fingerprint density at radius 3 is 2.95 bits per heavy atom. The van der Waals surface area contributed by atoms with Gasteiger partial charge in [-0.2, -0.15) is 8.78 Å². The molecule has 1 aliphatic rings. The molecular formula is C15H17F2N3O. The Morgan fingerprint density at radius 2 is 2.19 bits per heavy atom. The number of para-hydroxylation sites is 1. The summed E-state index contributed by atoms with van der Waals surface area (Å²) in [6.45, 7) is -0.789. The second-order valence-electron chi connectivity index (χ2n) is 5.18. The predicted octanol–water partition coefficient (Wildman–Crippen LogP) is 2.83. The summed E-state index contributed by atoms with van der Waals surface area (Å²) in [5, 5.41) is 3.32. The van der Waals surface area contributed by atoms with Crippen LogP contribution in [0.5, 0.6) is 5.75 Å². The average Bonchev–Trinajstić information content (AvgIpc) is 3.11. The van der Waals surface area contributed by atoms with Gasteiger partial charge in [-0.25, -0.2) is 4.98 Å². The van der Waals surface area contributed by atoms with Gasteiger partial charge in [-0.3, -0.25) is 0 Å². The fourth-order valence-corrected chi connectivity index (χ4v) is 2.65. The molecule has 3 rings (SSSR count). The summed E-state index contributed by atoms with van der Waals surface area (Å²) in [7, 11) is 0. The van der Waals surface area contributed by atoms with Gasteiger partial charge in [0, 0.05) is 12.0 Å². The predicted molar refractivity (Wildman–Crippen MR) is 75.3 cm³/mol. The van der Waals surface area contributed by atoms with Crippen molar-refractivity contribution in [3.63, 3.8) is 0 Å². The minimum atomic E-state index is -2.84. The van der Waals surface area contributed by atoms with E-state index in [1.165, 1.54) is 6.07 Å². The molecule has 6 heteroatoms. The van der Waals surface area contributed by atoms with Crippen molar-refractivity contribution in [1.29, 1.82) is 0 Å². The van der Waals surface area contributed by atoms with Crippen LogP contribution in [0.2, 0.25) is 0 Å². The molecule has 0 radical (unpaired) electrons. The summed E-state index contributed by atoms with van der Waals surface area (Å²) >= 11 is 0. The second-order valence-corrected chi connectivity index (χ2v) is 5.18. The lowest BCUT2D eigenvalue weighted by molar-refractivity contribution is -0.0494. The number of hydrogen-bond donors (Lipinski definition) is 2. The van der Waals surface area contributed by atoms with E-state index < -0.39 is 6.61 Å². The molecule has 0 saturated carbocycles. The Morgan fingerprint density at radius 1 is 1.33 bits per heavy atom. The van der Waals surface area contributed by atoms with E-state index in [1.807, 2.05) is 0 Å². The third-order valence-electron chi connectivity index (χ3n) is 3.67. The monoisotopic (exact) mass is 293 g/mol. The Bertz CT molecular complexity index is 594. The van der Waals surface area contributed by atoms with Crippen molar-refractivity contribution in [1.82, 2.24) is 15.3 Å². The highest BCUT2D eigenvalue weighted by Crippen LogP contribution is 2.30. The van der Waals surface area contributed by atoms with E-state index in [0.29, 0.717) is 17.2 Å². The molecule has 1 aliphatic heterocycles. The van der Waals surface area contributed by atoms with Gasteiger partial charge in [-0.15, -0.1) is 0 Å². The molecule has 0 amide bonds. The Hall–Kier alpha value is -1.95. The van der Waals surface area contributed by atoms with Crippen LogP contribution >= 0.6 is 0 Å². The SMILES string of the molecule is FC(F)Oc1ccccc1-c1cnc(CC2CCNC2)[nH]1. The quantitative estimate of drug-likeness (QED) is 0.891. The van der Waals surface area contributed by atoms with Gasteiger partial charge in [-0.1, -0.05) is 12.1 Å². The number of ether oxygens (including phenoxy) is 1. The minimum absolute atomic E-state index is 0.158. The number of benzene rings is 1. The Labute approximate surface area is 121 Å². The highest BCUT2D eigenvalue weighted by Gasteiger charge is 2.17. The van der Waals surface area contributed by atoms with Gasteiger partial charge in [-0.05, 0) is 37.6 Å². The molecule has 2 heterocycles. The summed E-state index contributed by atoms with van der Waals surface area (Å²) in [5.41, 5.74) is 1.30. The van der Waals surface area contributed by atoms with Crippen LogP contribution in [0.3, 0.4) is 0 Å². The molecule has 1 aromatic heterocycles. The third-order valence-corrected chi connectivity index (χ3v) is 3.67. The van der Waals surface area contributed by atoms with Crippen molar-refractivity contribution < 1.29 is 13.5 Å². The first-order valence-corrected chi connectivity index (χ1v) is 7.01. The minimum Gasteiger partial charge on any atom is -0.434 e. The molecule has 1 saturated heterocycles. The van der Waals surface area contributed by atoms with Crippen molar-refractivity contribution >= 4 is 0 Å². The van der Waals surface area contributed by atoms with E-state index in [2.05, 4.69) is 20.0 Å². The highest BCUT2D eigenvalue weighted by atomic mass is 19.3. The third kappa shape index (κ3) is 3.39. The zero-order chi connectivity index (χ0) is 14.7. The van der Waals surface area contributed by atoms with Crippen LogP contribution in [0.1, 0.15) is 12.2 Å². The van der Waals surface area contributed by atoms with Gasteiger partial charge in [0.1, 0.15) is 11.6 Å². The lowest BCUT2D eigenvalue weighted by Crippen LogP contribution is -2.11. The average molecular weight is 293 g/mol. The van der Waals surface area contributed by atoms with Gasteiger partial charge in [0.15, 0.2) is 0 Å². The van der Waals surface area contributed by atoms with E-state index in [4.69, 9.17) is 0 Å². The summed E-state index contributed by atoms with van der Waals surface area (Å²) < 4.78 is 29.4. The first kappa shape index (κ1) is 14.0. The number of aromatic nitrogens is 2. The molecular weight excluding hydrogens is 276 g/mol. The van der Waals surface area contributed by atoms with Crippen LogP contribution in [-0.4, -0.2) is 29.7 Å². The Balaban J connectivity index is 1.79. The maximum absolute atomic E-state index is 12.4. The number of rotatable bonds is 5. The van der Waals surface area contributed by atoms with Crippen molar-refractivity contribution in [3.8, 4) is 17.0 Å². The molecule has 2 N–H and O–H groups in total. The number of nitrogens with one attached hydrogen (secondary N) is 2. The van der Waals surface area contributed by atoms with Crippen molar-refractivity contribution in [2.24, 2.45) is 5.92 Å². The molecule has 1 atom stereocenters. The highest BCUT2D eigenvalue weighted by molar-refractivity contribution is 5.66. The normalized spacial score (nSPS) is 18.3. The molecule has 1 fully saturated rings. The second kappa shape index (κ2) is 6.22. The number of H-pyrrole nitrogens is 1. The smallest absolute Gasteiger partial charge is 0.387 e. The lowest BCUT2D eigenvalue weighted by atomic mass is 10.1. The topological polar surface area (TPSA) is 49.9 Å². The van der Waals surface area contributed by atoms with E-state index in [-0.39, 0.29) is 5.75 Å². The first-order valence-electron chi connectivity index (χ1n) is 7.01. The van der Waals surface area contributed by atoms with Crippen molar-refractivity contribution in [2.45, 2.75) is 19.5 Å². The van der Waals surface area contributed by atoms with Gasteiger partial charge >= 0.3 is 6.61 Å². The molecule has 0 aliphatic carbocycles. The summed E-state index contributed by atoms with van der Waals surface area (Å²) in [6, 6.07) is 6.73. The largest absolute Gasteiger partial charge is 0.434 e. The lowest BCUT2D eigenvalue weighted by Gasteiger charge is -2.09. The number of aromatic amines is 1. The van der Waals surface area contributed by atoms with Crippen LogP contribution in [0.15, 0.2) is 30.5 Å². The van der Waals surface area contributed by atoms with E-state index in [1.54, 1.807) is 24.4 Å². The summed E-state index contributed by atoms with van der Waals surface area (Å²) in [4.78, 5) is 7.56. The van der Waals surface area contributed by atoms with E-state index in [9.17, 15) is 8.78 Å². The Kier molecular flexibility index (Phi) is 4.15. The van der Waals surface area contributed by atoms with Gasteiger partial charge in [0.25, 0.3) is 0 Å². The van der Waals surface area contributed by atoms with Crippen LogP contribution in [0, 0.1) is 5.92 Å². The molecule has 4 nitrogen and oxygen atoms in total. The zero-order valence-electron chi connectivity index (χ0n) is 11.5. The van der Waals surface area contributed by atoms with Crippen LogP contribution in [0.25, 0.3) is 11.3 Å². The first-order chi connectivity index (χ1) is 10.2.